The minimum absolute atomic E-state index is 0.376. The molecule has 1 aliphatic rings. The molecule has 1 heterocycles. The van der Waals surface area contributed by atoms with Crippen LogP contribution in [0.1, 0.15) is 11.7 Å². The second-order valence-corrected chi connectivity index (χ2v) is 4.90. The van der Waals surface area contributed by atoms with Crippen LogP contribution in [0, 0.1) is 0 Å². The summed E-state index contributed by atoms with van der Waals surface area (Å²) in [6, 6.07) is 7.80. The van der Waals surface area contributed by atoms with E-state index in [-0.39, 0.29) is 0 Å². The highest BCUT2D eigenvalue weighted by Crippen LogP contribution is 2.21. The van der Waals surface area contributed by atoms with Crippen molar-refractivity contribution < 1.29 is 10.2 Å². The first kappa shape index (κ1) is 14.3. The zero-order valence-corrected chi connectivity index (χ0v) is 11.3. The van der Waals surface area contributed by atoms with Gasteiger partial charge in [-0.2, -0.15) is 0 Å². The number of hydrogen-bond acceptors (Lipinski definition) is 5. The van der Waals surface area contributed by atoms with E-state index in [0.717, 1.165) is 31.7 Å². The molecule has 0 aliphatic carbocycles. The van der Waals surface area contributed by atoms with Crippen molar-refractivity contribution in [2.75, 3.05) is 44.7 Å². The van der Waals surface area contributed by atoms with E-state index in [1.807, 2.05) is 24.3 Å². The highest BCUT2D eigenvalue weighted by Gasteiger charge is 2.18. The monoisotopic (exact) mass is 265 g/mol. The number of benzene rings is 1. The molecule has 2 atom stereocenters. The summed E-state index contributed by atoms with van der Waals surface area (Å²) >= 11 is 0. The van der Waals surface area contributed by atoms with Gasteiger partial charge in [0.25, 0.3) is 0 Å². The molecule has 0 aromatic heterocycles. The van der Waals surface area contributed by atoms with Gasteiger partial charge in [0.1, 0.15) is 6.10 Å². The highest BCUT2D eigenvalue weighted by atomic mass is 16.3. The van der Waals surface area contributed by atoms with Crippen LogP contribution < -0.4 is 15.5 Å². The second kappa shape index (κ2) is 6.86. The first-order valence-electron chi connectivity index (χ1n) is 6.78. The van der Waals surface area contributed by atoms with Crippen LogP contribution in [0.15, 0.2) is 24.3 Å². The van der Waals surface area contributed by atoms with Crippen LogP contribution in [0.25, 0.3) is 0 Å². The van der Waals surface area contributed by atoms with Gasteiger partial charge in [-0.15, -0.1) is 0 Å². The molecule has 5 heteroatoms. The van der Waals surface area contributed by atoms with E-state index in [0.29, 0.717) is 6.54 Å². The fraction of sp³-hybridized carbons (Fsp3) is 0.571. The van der Waals surface area contributed by atoms with Gasteiger partial charge >= 0.3 is 0 Å². The smallest absolute Gasteiger partial charge is 0.106 e. The molecule has 4 N–H and O–H groups in total. The van der Waals surface area contributed by atoms with Crippen LogP contribution in [-0.4, -0.2) is 56.1 Å². The lowest BCUT2D eigenvalue weighted by Gasteiger charge is -2.29. The Labute approximate surface area is 114 Å². The molecule has 106 valence electrons. The molecule has 5 nitrogen and oxygen atoms in total. The third kappa shape index (κ3) is 3.67. The fourth-order valence-corrected chi connectivity index (χ4v) is 2.35. The number of piperazine rings is 1. The van der Waals surface area contributed by atoms with Crippen molar-refractivity contribution in [2.24, 2.45) is 0 Å². The highest BCUT2D eigenvalue weighted by molar-refractivity contribution is 5.48. The Morgan fingerprint density at radius 1 is 1.21 bits per heavy atom. The third-order valence-corrected chi connectivity index (χ3v) is 3.49. The van der Waals surface area contributed by atoms with Crippen LogP contribution in [0.5, 0.6) is 0 Å². The summed E-state index contributed by atoms with van der Waals surface area (Å²) in [4.78, 5) is 2.32. The third-order valence-electron chi connectivity index (χ3n) is 3.49. The Bertz CT molecular complexity index is 377. The maximum absolute atomic E-state index is 10.0. The standard InChI is InChI=1S/C14H23N3O2/c1-15-10-13(18)14(19)11-2-4-12(5-3-11)17-8-6-16-7-9-17/h2-5,13-16,18-19H,6-10H2,1H3. The van der Waals surface area contributed by atoms with Gasteiger partial charge in [-0.1, -0.05) is 12.1 Å². The molecule has 1 aromatic carbocycles. The van der Waals surface area contributed by atoms with E-state index in [1.165, 1.54) is 5.69 Å². The summed E-state index contributed by atoms with van der Waals surface area (Å²) < 4.78 is 0. The normalized spacial score (nSPS) is 19.2. The maximum atomic E-state index is 10.0. The van der Waals surface area contributed by atoms with E-state index in [4.69, 9.17) is 0 Å². The number of anilines is 1. The lowest BCUT2D eigenvalue weighted by molar-refractivity contribution is 0.0202. The summed E-state index contributed by atoms with van der Waals surface area (Å²) in [6.45, 7) is 4.39. The Hall–Kier alpha value is -1.14. The van der Waals surface area contributed by atoms with Gasteiger partial charge < -0.3 is 25.7 Å². The number of rotatable bonds is 5. The topological polar surface area (TPSA) is 67.8 Å². The molecule has 1 fully saturated rings. The zero-order valence-electron chi connectivity index (χ0n) is 11.3. The first-order chi connectivity index (χ1) is 9.22. The number of likely N-dealkylation sites (N-methyl/N-ethyl adjacent to an activating group) is 1. The fourth-order valence-electron chi connectivity index (χ4n) is 2.35. The average molecular weight is 265 g/mol. The molecular formula is C14H23N3O2. The number of aliphatic hydroxyl groups is 2. The summed E-state index contributed by atoms with van der Waals surface area (Å²) in [5, 5.41) is 25.9. The lowest BCUT2D eigenvalue weighted by Crippen LogP contribution is -2.43. The minimum Gasteiger partial charge on any atom is -0.389 e. The van der Waals surface area contributed by atoms with Crippen LogP contribution in [-0.2, 0) is 0 Å². The van der Waals surface area contributed by atoms with Gasteiger partial charge in [0.2, 0.25) is 0 Å². The first-order valence-corrected chi connectivity index (χ1v) is 6.78. The average Bonchev–Trinajstić information content (AvgIpc) is 2.48. The SMILES string of the molecule is CNCC(O)C(O)c1ccc(N2CCNCC2)cc1. The van der Waals surface area contributed by atoms with E-state index in [2.05, 4.69) is 15.5 Å². The largest absolute Gasteiger partial charge is 0.389 e. The van der Waals surface area contributed by atoms with Gasteiger partial charge in [0, 0.05) is 38.4 Å². The Morgan fingerprint density at radius 2 is 1.84 bits per heavy atom. The van der Waals surface area contributed by atoms with Crippen molar-refractivity contribution in [3.8, 4) is 0 Å². The summed E-state index contributed by atoms with van der Waals surface area (Å²) in [5.74, 6) is 0. The lowest BCUT2D eigenvalue weighted by atomic mass is 10.0. The van der Waals surface area contributed by atoms with Gasteiger partial charge in [0.15, 0.2) is 0 Å². The van der Waals surface area contributed by atoms with Crippen molar-refractivity contribution in [3.05, 3.63) is 29.8 Å². The Kier molecular flexibility index (Phi) is 5.15. The van der Waals surface area contributed by atoms with E-state index >= 15 is 0 Å². The van der Waals surface area contributed by atoms with Crippen LogP contribution >= 0.6 is 0 Å². The van der Waals surface area contributed by atoms with Crippen molar-refractivity contribution >= 4 is 5.69 Å². The molecule has 0 bridgehead atoms. The van der Waals surface area contributed by atoms with Crippen molar-refractivity contribution in [3.63, 3.8) is 0 Å². The molecule has 19 heavy (non-hydrogen) atoms. The minimum atomic E-state index is -0.843. The number of hydrogen-bond donors (Lipinski definition) is 4. The number of nitrogens with one attached hydrogen (secondary N) is 2. The number of aliphatic hydroxyl groups excluding tert-OH is 2. The molecule has 0 spiro atoms. The molecule has 0 radical (unpaired) electrons. The summed E-state index contributed by atoms with van der Waals surface area (Å²) in [6.07, 6.45) is -1.63. The molecule has 1 aliphatic heterocycles. The Morgan fingerprint density at radius 3 is 2.42 bits per heavy atom. The molecule has 1 saturated heterocycles. The molecule has 0 saturated carbocycles. The second-order valence-electron chi connectivity index (χ2n) is 4.90. The molecular weight excluding hydrogens is 242 g/mol. The predicted molar refractivity (Wildman–Crippen MR) is 76.4 cm³/mol. The van der Waals surface area contributed by atoms with Crippen LogP contribution in [0.3, 0.4) is 0 Å². The summed E-state index contributed by atoms with van der Waals surface area (Å²) in [5.41, 5.74) is 1.92. The maximum Gasteiger partial charge on any atom is 0.106 e. The van der Waals surface area contributed by atoms with Crippen molar-refractivity contribution in [1.82, 2.24) is 10.6 Å². The van der Waals surface area contributed by atoms with Crippen molar-refractivity contribution in [1.29, 1.82) is 0 Å². The van der Waals surface area contributed by atoms with E-state index in [9.17, 15) is 10.2 Å². The Balaban J connectivity index is 2.01. The van der Waals surface area contributed by atoms with Gasteiger partial charge in [-0.3, -0.25) is 0 Å². The zero-order chi connectivity index (χ0) is 13.7. The van der Waals surface area contributed by atoms with Crippen LogP contribution in [0.2, 0.25) is 0 Å². The van der Waals surface area contributed by atoms with Gasteiger partial charge in [-0.05, 0) is 24.7 Å². The van der Waals surface area contributed by atoms with Crippen molar-refractivity contribution in [2.45, 2.75) is 12.2 Å². The summed E-state index contributed by atoms with van der Waals surface area (Å²) in [7, 11) is 1.75. The van der Waals surface area contributed by atoms with Crippen LogP contribution in [0.4, 0.5) is 5.69 Å². The molecule has 0 amide bonds. The molecule has 2 unspecified atom stereocenters. The number of nitrogens with zero attached hydrogens (tertiary/aromatic N) is 1. The van der Waals surface area contributed by atoms with Gasteiger partial charge in [-0.25, -0.2) is 0 Å². The van der Waals surface area contributed by atoms with E-state index < -0.39 is 12.2 Å². The predicted octanol–water partition coefficient (Wildman–Crippen LogP) is -0.290. The van der Waals surface area contributed by atoms with Gasteiger partial charge in [0.05, 0.1) is 6.10 Å². The molecule has 2 rings (SSSR count). The van der Waals surface area contributed by atoms with E-state index in [1.54, 1.807) is 7.05 Å². The molecule has 1 aromatic rings. The quantitative estimate of drug-likeness (QED) is 0.589.